The molecule has 0 unspecified atom stereocenters. The van der Waals surface area contributed by atoms with Gasteiger partial charge in [-0.1, -0.05) is 18.2 Å². The molecule has 0 aliphatic rings. The third kappa shape index (κ3) is 2.65. The summed E-state index contributed by atoms with van der Waals surface area (Å²) in [5.41, 5.74) is 5.15. The van der Waals surface area contributed by atoms with Crippen molar-refractivity contribution in [2.45, 2.75) is 6.92 Å². The quantitative estimate of drug-likeness (QED) is 0.396. The molecule has 4 rings (SSSR count). The lowest BCUT2D eigenvalue weighted by Crippen LogP contribution is -1.95. The Morgan fingerprint density at radius 3 is 2.68 bits per heavy atom. The van der Waals surface area contributed by atoms with Gasteiger partial charge in [0.2, 0.25) is 0 Å². The summed E-state index contributed by atoms with van der Waals surface area (Å²) >= 11 is 0. The highest BCUT2D eigenvalue weighted by molar-refractivity contribution is 5.87. The monoisotopic (exact) mass is 329 g/mol. The molecule has 0 saturated carbocycles. The number of pyridine rings is 1. The fraction of sp³-hybridized carbons (Fsp3) is 0.0500. The van der Waals surface area contributed by atoms with Crippen molar-refractivity contribution in [1.29, 1.82) is 0 Å². The minimum atomic E-state index is -0.371. The Labute approximate surface area is 144 Å². The number of non-ortho nitro benzene ring substituents is 1. The summed E-state index contributed by atoms with van der Waals surface area (Å²) in [6, 6.07) is 16.8. The summed E-state index contributed by atoms with van der Waals surface area (Å²) < 4.78 is 2.11. The van der Waals surface area contributed by atoms with E-state index in [1.54, 1.807) is 18.3 Å². The van der Waals surface area contributed by atoms with Gasteiger partial charge in [0.05, 0.1) is 22.3 Å². The molecule has 0 spiro atoms. The molecule has 2 aromatic heterocycles. The Bertz CT molecular complexity index is 1100. The number of benzene rings is 2. The van der Waals surface area contributed by atoms with Crippen LogP contribution in [0.15, 0.2) is 73.2 Å². The van der Waals surface area contributed by atoms with Crippen LogP contribution in [0.3, 0.4) is 0 Å². The Morgan fingerprint density at radius 1 is 1.04 bits per heavy atom. The number of hydrogen-bond acceptors (Lipinski definition) is 3. The smallest absolute Gasteiger partial charge is 0.270 e. The molecule has 2 aromatic carbocycles. The lowest BCUT2D eigenvalue weighted by molar-refractivity contribution is -0.384. The van der Waals surface area contributed by atoms with Gasteiger partial charge in [-0.05, 0) is 47.9 Å². The Balaban J connectivity index is 1.82. The van der Waals surface area contributed by atoms with E-state index in [0.717, 1.165) is 33.3 Å². The number of nitro groups is 1. The summed E-state index contributed by atoms with van der Waals surface area (Å²) in [7, 11) is 0. The third-order valence-electron chi connectivity index (χ3n) is 4.35. The highest BCUT2D eigenvalue weighted by atomic mass is 16.6. The average molecular weight is 329 g/mol. The van der Waals surface area contributed by atoms with E-state index in [0.29, 0.717) is 0 Å². The molecule has 0 bridgehead atoms. The second kappa shape index (κ2) is 5.87. The first kappa shape index (κ1) is 15.1. The van der Waals surface area contributed by atoms with Gasteiger partial charge >= 0.3 is 0 Å². The molecular formula is C20H15N3O2. The Kier molecular flexibility index (Phi) is 3.54. The fourth-order valence-corrected chi connectivity index (χ4v) is 3.04. The van der Waals surface area contributed by atoms with Gasteiger partial charge in [0.1, 0.15) is 0 Å². The van der Waals surface area contributed by atoms with E-state index >= 15 is 0 Å². The first-order chi connectivity index (χ1) is 12.1. The second-order valence-electron chi connectivity index (χ2n) is 5.93. The fourth-order valence-electron chi connectivity index (χ4n) is 3.04. The van der Waals surface area contributed by atoms with Crippen LogP contribution in [0.2, 0.25) is 0 Å². The maximum Gasteiger partial charge on any atom is 0.270 e. The zero-order valence-corrected chi connectivity index (χ0v) is 13.6. The van der Waals surface area contributed by atoms with Crippen molar-refractivity contribution in [2.24, 2.45) is 0 Å². The first-order valence-electron chi connectivity index (χ1n) is 7.90. The number of aromatic nitrogens is 2. The summed E-state index contributed by atoms with van der Waals surface area (Å²) in [6.07, 6.45) is 5.65. The summed E-state index contributed by atoms with van der Waals surface area (Å²) in [4.78, 5) is 14.8. The molecule has 2 heterocycles. The lowest BCUT2D eigenvalue weighted by atomic mass is 10.0. The highest BCUT2D eigenvalue weighted by Gasteiger charge is 2.10. The molecule has 0 N–H and O–H groups in total. The molecule has 0 aliphatic heterocycles. The van der Waals surface area contributed by atoms with Gasteiger partial charge < -0.3 is 4.57 Å². The molecule has 5 heteroatoms. The first-order valence-corrected chi connectivity index (χ1v) is 7.90. The van der Waals surface area contributed by atoms with Gasteiger partial charge in [0.25, 0.3) is 5.69 Å². The molecular weight excluding hydrogens is 314 g/mol. The van der Waals surface area contributed by atoms with Crippen molar-refractivity contribution in [2.75, 3.05) is 0 Å². The van der Waals surface area contributed by atoms with Crippen molar-refractivity contribution >= 4 is 16.6 Å². The number of nitrogens with zero attached hydrogens (tertiary/aromatic N) is 3. The SMILES string of the molecule is Cc1ccncc1-n1ccc2cc(-c3cccc([N+](=O)[O-])c3)ccc21. The summed E-state index contributed by atoms with van der Waals surface area (Å²) in [5.74, 6) is 0. The van der Waals surface area contributed by atoms with E-state index in [2.05, 4.69) is 22.5 Å². The molecule has 0 amide bonds. The van der Waals surface area contributed by atoms with Crippen LogP contribution in [-0.2, 0) is 0 Å². The zero-order valence-electron chi connectivity index (χ0n) is 13.6. The number of aryl methyl sites for hydroxylation is 1. The van der Waals surface area contributed by atoms with E-state index in [9.17, 15) is 10.1 Å². The van der Waals surface area contributed by atoms with Crippen LogP contribution in [0.25, 0.3) is 27.7 Å². The lowest BCUT2D eigenvalue weighted by Gasteiger charge is -2.09. The van der Waals surface area contributed by atoms with Crippen LogP contribution in [0.1, 0.15) is 5.56 Å². The Morgan fingerprint density at radius 2 is 1.88 bits per heavy atom. The largest absolute Gasteiger partial charge is 0.315 e. The zero-order chi connectivity index (χ0) is 17.4. The van der Waals surface area contributed by atoms with Crippen LogP contribution in [0.5, 0.6) is 0 Å². The van der Waals surface area contributed by atoms with Crippen LogP contribution < -0.4 is 0 Å². The normalized spacial score (nSPS) is 10.9. The third-order valence-corrected chi connectivity index (χ3v) is 4.35. The molecule has 0 radical (unpaired) electrons. The molecule has 5 nitrogen and oxygen atoms in total. The molecule has 122 valence electrons. The predicted octanol–water partition coefficient (Wildman–Crippen LogP) is 4.91. The van der Waals surface area contributed by atoms with Gasteiger partial charge in [0.15, 0.2) is 0 Å². The molecule has 0 fully saturated rings. The van der Waals surface area contributed by atoms with Crippen molar-refractivity contribution < 1.29 is 4.92 Å². The van der Waals surface area contributed by atoms with E-state index in [-0.39, 0.29) is 10.6 Å². The van der Waals surface area contributed by atoms with E-state index in [1.807, 2.05) is 42.7 Å². The topological polar surface area (TPSA) is 61.0 Å². The van der Waals surface area contributed by atoms with Crippen molar-refractivity contribution in [3.63, 3.8) is 0 Å². The van der Waals surface area contributed by atoms with Gasteiger partial charge in [-0.15, -0.1) is 0 Å². The number of hydrogen-bond donors (Lipinski definition) is 0. The molecule has 0 saturated heterocycles. The van der Waals surface area contributed by atoms with E-state index in [1.165, 1.54) is 6.07 Å². The molecule has 4 aromatic rings. The number of nitro benzene ring substituents is 1. The molecule has 0 atom stereocenters. The van der Waals surface area contributed by atoms with E-state index in [4.69, 9.17) is 0 Å². The number of rotatable bonds is 3. The Hall–Kier alpha value is -3.47. The highest BCUT2D eigenvalue weighted by Crippen LogP contribution is 2.29. The number of fused-ring (bicyclic) bond motifs is 1. The maximum atomic E-state index is 11.0. The summed E-state index contributed by atoms with van der Waals surface area (Å²) in [5, 5.41) is 12.1. The van der Waals surface area contributed by atoms with Gasteiger partial charge in [-0.2, -0.15) is 0 Å². The van der Waals surface area contributed by atoms with Crippen LogP contribution in [0, 0.1) is 17.0 Å². The summed E-state index contributed by atoms with van der Waals surface area (Å²) in [6.45, 7) is 2.06. The van der Waals surface area contributed by atoms with Crippen LogP contribution >= 0.6 is 0 Å². The second-order valence-corrected chi connectivity index (χ2v) is 5.93. The molecule has 25 heavy (non-hydrogen) atoms. The average Bonchev–Trinajstić information content (AvgIpc) is 3.05. The van der Waals surface area contributed by atoms with Gasteiger partial charge in [-0.3, -0.25) is 15.1 Å². The van der Waals surface area contributed by atoms with E-state index < -0.39 is 0 Å². The van der Waals surface area contributed by atoms with Crippen molar-refractivity contribution in [1.82, 2.24) is 9.55 Å². The van der Waals surface area contributed by atoms with Gasteiger partial charge in [-0.25, -0.2) is 0 Å². The standard InChI is InChI=1S/C20H15N3O2/c1-14-7-9-21-13-20(14)22-10-8-17-11-16(5-6-19(17)22)15-3-2-4-18(12-15)23(24)25/h2-13H,1H3. The van der Waals surface area contributed by atoms with Crippen LogP contribution in [-0.4, -0.2) is 14.5 Å². The van der Waals surface area contributed by atoms with Crippen molar-refractivity contribution in [3.8, 4) is 16.8 Å². The van der Waals surface area contributed by atoms with Crippen LogP contribution in [0.4, 0.5) is 5.69 Å². The maximum absolute atomic E-state index is 11.0. The van der Waals surface area contributed by atoms with Gasteiger partial charge in [0, 0.05) is 29.9 Å². The molecule has 0 aliphatic carbocycles. The minimum Gasteiger partial charge on any atom is -0.315 e. The van der Waals surface area contributed by atoms with Crippen molar-refractivity contribution in [3.05, 3.63) is 88.9 Å². The predicted molar refractivity (Wildman–Crippen MR) is 97.9 cm³/mol. The minimum absolute atomic E-state index is 0.0983.